The van der Waals surface area contributed by atoms with Crippen LogP contribution in [0.1, 0.15) is 12.5 Å². The van der Waals surface area contributed by atoms with Gasteiger partial charge in [-0.1, -0.05) is 30.3 Å². The van der Waals surface area contributed by atoms with Gasteiger partial charge in [0.25, 0.3) is 5.91 Å². The van der Waals surface area contributed by atoms with Crippen molar-refractivity contribution < 1.29 is 28.2 Å². The first-order valence-corrected chi connectivity index (χ1v) is 9.39. The molecule has 0 unspecified atom stereocenters. The van der Waals surface area contributed by atoms with Crippen LogP contribution in [-0.4, -0.2) is 42.3 Å². The number of carbonyl (C=O) groups is 3. The highest BCUT2D eigenvalue weighted by atomic mass is 19.1. The molecular formula is C22H21FN2O5. The molecule has 8 heteroatoms. The lowest BCUT2D eigenvalue weighted by Gasteiger charge is -2.21. The number of Topliss-reactive ketones (excluding diaryl/α,β-unsaturated/α-hetero) is 1. The number of nitrogens with zero attached hydrogens (tertiary/aromatic N) is 1. The van der Waals surface area contributed by atoms with Crippen molar-refractivity contribution in [2.45, 2.75) is 13.5 Å². The first kappa shape index (κ1) is 21.0. The fraction of sp³-hybridized carbons (Fsp3) is 0.227. The van der Waals surface area contributed by atoms with Crippen LogP contribution >= 0.6 is 0 Å². The van der Waals surface area contributed by atoms with Crippen molar-refractivity contribution in [2.75, 3.05) is 25.1 Å². The molecule has 2 aromatic rings. The van der Waals surface area contributed by atoms with Gasteiger partial charge in [-0.2, -0.15) is 0 Å². The number of ketones is 1. The number of halogens is 1. The lowest BCUT2D eigenvalue weighted by molar-refractivity contribution is -0.149. The number of benzene rings is 2. The van der Waals surface area contributed by atoms with Crippen molar-refractivity contribution in [3.8, 4) is 0 Å². The van der Waals surface area contributed by atoms with Crippen molar-refractivity contribution in [1.82, 2.24) is 4.90 Å². The van der Waals surface area contributed by atoms with Crippen LogP contribution in [0.5, 0.6) is 0 Å². The quantitative estimate of drug-likeness (QED) is 0.530. The van der Waals surface area contributed by atoms with Crippen molar-refractivity contribution in [2.24, 2.45) is 0 Å². The van der Waals surface area contributed by atoms with Gasteiger partial charge < -0.3 is 19.7 Å². The number of anilines is 1. The van der Waals surface area contributed by atoms with E-state index >= 15 is 0 Å². The highest BCUT2D eigenvalue weighted by Crippen LogP contribution is 2.20. The molecule has 0 spiro atoms. The van der Waals surface area contributed by atoms with Gasteiger partial charge in [0.2, 0.25) is 11.7 Å². The second kappa shape index (κ2) is 9.69. The summed E-state index contributed by atoms with van der Waals surface area (Å²) in [5.74, 6) is -2.33. The van der Waals surface area contributed by atoms with E-state index in [1.807, 2.05) is 6.07 Å². The monoisotopic (exact) mass is 412 g/mol. The first-order chi connectivity index (χ1) is 14.5. The highest BCUT2D eigenvalue weighted by Gasteiger charge is 2.33. The molecule has 1 heterocycles. The minimum absolute atomic E-state index is 0.00393. The number of likely N-dealkylation sites (N-methyl/N-ethyl adjacent to an activating group) is 1. The van der Waals surface area contributed by atoms with Crippen LogP contribution in [-0.2, 0) is 30.4 Å². The second-order valence-corrected chi connectivity index (χ2v) is 6.52. The molecule has 0 saturated carbocycles. The van der Waals surface area contributed by atoms with Crippen molar-refractivity contribution >= 4 is 23.3 Å². The normalized spacial score (nSPS) is 13.1. The summed E-state index contributed by atoms with van der Waals surface area (Å²) >= 11 is 0. The average molecular weight is 412 g/mol. The summed E-state index contributed by atoms with van der Waals surface area (Å²) in [6, 6.07) is 14.8. The van der Waals surface area contributed by atoms with E-state index in [0.29, 0.717) is 17.8 Å². The average Bonchev–Trinajstić information content (AvgIpc) is 3.10. The molecule has 156 valence electrons. The molecule has 1 aliphatic rings. The molecule has 1 N–H and O–H groups in total. The summed E-state index contributed by atoms with van der Waals surface area (Å²) in [5, 5.41) is 2.87. The Labute approximate surface area is 173 Å². The van der Waals surface area contributed by atoms with Crippen molar-refractivity contribution in [3.05, 3.63) is 77.4 Å². The van der Waals surface area contributed by atoms with E-state index in [9.17, 15) is 18.8 Å². The predicted octanol–water partition coefficient (Wildman–Crippen LogP) is 2.64. The Morgan fingerprint density at radius 2 is 1.93 bits per heavy atom. The van der Waals surface area contributed by atoms with E-state index in [-0.39, 0.29) is 24.6 Å². The number of para-hydroxylation sites is 1. The Bertz CT molecular complexity index is 975. The van der Waals surface area contributed by atoms with Crippen molar-refractivity contribution in [1.29, 1.82) is 0 Å². The van der Waals surface area contributed by atoms with E-state index in [1.54, 1.807) is 43.3 Å². The molecule has 0 fully saturated rings. The maximum Gasteiger partial charge on any atom is 0.347 e. The second-order valence-electron chi connectivity index (χ2n) is 6.52. The molecule has 0 aliphatic carbocycles. The van der Waals surface area contributed by atoms with Gasteiger partial charge in [-0.25, -0.2) is 9.18 Å². The maximum atomic E-state index is 13.4. The largest absolute Gasteiger partial charge is 0.470 e. The number of hydrogen-bond donors (Lipinski definition) is 1. The maximum absolute atomic E-state index is 13.4. The molecule has 0 radical (unpaired) electrons. The molecule has 30 heavy (non-hydrogen) atoms. The Morgan fingerprint density at radius 3 is 2.63 bits per heavy atom. The number of esters is 1. The van der Waals surface area contributed by atoms with Gasteiger partial charge in [-0.15, -0.1) is 0 Å². The molecule has 2 aromatic carbocycles. The van der Waals surface area contributed by atoms with E-state index in [4.69, 9.17) is 9.47 Å². The molecular weight excluding hydrogens is 391 g/mol. The molecule has 0 atom stereocenters. The number of nitrogens with one attached hydrogen (secondary N) is 1. The topological polar surface area (TPSA) is 84.9 Å². The standard InChI is InChI=1S/C22H21FN2O5/c1-2-25(12-15-7-6-8-16(23)11-15)19(27)14-30-22(28)20-18(26)13-29-21(20)24-17-9-4-3-5-10-17/h3-11,24H,2,12-14H2,1H3. The van der Waals surface area contributed by atoms with E-state index in [2.05, 4.69) is 5.32 Å². The Morgan fingerprint density at radius 1 is 1.17 bits per heavy atom. The predicted molar refractivity (Wildman–Crippen MR) is 106 cm³/mol. The molecule has 0 aromatic heterocycles. The van der Waals surface area contributed by atoms with E-state index in [1.165, 1.54) is 17.0 Å². The van der Waals surface area contributed by atoms with Gasteiger partial charge in [0.1, 0.15) is 5.82 Å². The zero-order chi connectivity index (χ0) is 21.5. The fourth-order valence-corrected chi connectivity index (χ4v) is 2.89. The van der Waals surface area contributed by atoms with Gasteiger partial charge in [-0.05, 0) is 36.8 Å². The van der Waals surface area contributed by atoms with Gasteiger partial charge >= 0.3 is 5.97 Å². The number of ether oxygens (including phenoxy) is 2. The number of rotatable bonds is 8. The van der Waals surface area contributed by atoms with Gasteiger partial charge in [0.15, 0.2) is 18.8 Å². The first-order valence-electron chi connectivity index (χ1n) is 9.39. The summed E-state index contributed by atoms with van der Waals surface area (Å²) in [7, 11) is 0. The van der Waals surface area contributed by atoms with Crippen molar-refractivity contribution in [3.63, 3.8) is 0 Å². The molecule has 1 amide bonds. The summed E-state index contributed by atoms with van der Waals surface area (Å²) in [6.45, 7) is 1.46. The number of carbonyl (C=O) groups excluding carboxylic acids is 3. The summed E-state index contributed by atoms with van der Waals surface area (Å²) < 4.78 is 23.7. The minimum Gasteiger partial charge on any atom is -0.470 e. The number of amides is 1. The zero-order valence-electron chi connectivity index (χ0n) is 16.4. The minimum atomic E-state index is -0.939. The van der Waals surface area contributed by atoms with E-state index < -0.39 is 30.1 Å². The molecule has 7 nitrogen and oxygen atoms in total. The van der Waals surface area contributed by atoms with Crippen LogP contribution in [0.4, 0.5) is 10.1 Å². The fourth-order valence-electron chi connectivity index (χ4n) is 2.89. The van der Waals surface area contributed by atoms with Crippen LogP contribution in [0.3, 0.4) is 0 Å². The Kier molecular flexibility index (Phi) is 6.79. The SMILES string of the molecule is CCN(Cc1cccc(F)c1)C(=O)COC(=O)C1=C(Nc2ccccc2)OCC1=O. The zero-order valence-corrected chi connectivity index (χ0v) is 16.4. The third-order valence-corrected chi connectivity index (χ3v) is 4.41. The van der Waals surface area contributed by atoms with Gasteiger partial charge in [0.05, 0.1) is 0 Å². The van der Waals surface area contributed by atoms with Gasteiger partial charge in [0, 0.05) is 18.8 Å². The van der Waals surface area contributed by atoms with Crippen LogP contribution < -0.4 is 5.32 Å². The third-order valence-electron chi connectivity index (χ3n) is 4.41. The van der Waals surface area contributed by atoms with Crippen LogP contribution in [0.15, 0.2) is 66.1 Å². The molecule has 3 rings (SSSR count). The third kappa shape index (κ3) is 5.22. The summed E-state index contributed by atoms with van der Waals surface area (Å²) in [5.41, 5.74) is 0.989. The summed E-state index contributed by atoms with van der Waals surface area (Å²) in [4.78, 5) is 38.4. The summed E-state index contributed by atoms with van der Waals surface area (Å²) in [6.07, 6.45) is 0. The smallest absolute Gasteiger partial charge is 0.347 e. The highest BCUT2D eigenvalue weighted by molar-refractivity contribution is 6.20. The molecule has 1 aliphatic heterocycles. The Hall–Kier alpha value is -3.68. The van der Waals surface area contributed by atoms with Crippen LogP contribution in [0, 0.1) is 5.82 Å². The van der Waals surface area contributed by atoms with Crippen LogP contribution in [0.2, 0.25) is 0 Å². The van der Waals surface area contributed by atoms with Gasteiger partial charge in [-0.3, -0.25) is 9.59 Å². The lowest BCUT2D eigenvalue weighted by Crippen LogP contribution is -2.34. The molecule has 0 bridgehead atoms. The lowest BCUT2D eigenvalue weighted by atomic mass is 10.2. The molecule has 0 saturated heterocycles. The Balaban J connectivity index is 1.63. The number of hydrogen-bond acceptors (Lipinski definition) is 6. The van der Waals surface area contributed by atoms with Crippen LogP contribution in [0.25, 0.3) is 0 Å². The van der Waals surface area contributed by atoms with E-state index in [0.717, 1.165) is 0 Å².